The maximum absolute atomic E-state index is 13.5. The number of Topliss-reactive ketones (excluding diaryl/α,β-unsaturated/α-hetero) is 2. The quantitative estimate of drug-likeness (QED) is 0.183. The van der Waals surface area contributed by atoms with Crippen molar-refractivity contribution >= 4 is 28.9 Å². The van der Waals surface area contributed by atoms with Gasteiger partial charge in [-0.2, -0.15) is 0 Å². The van der Waals surface area contributed by atoms with Crippen LogP contribution in [-0.2, 0) is 20.9 Å². The van der Waals surface area contributed by atoms with Gasteiger partial charge in [0.25, 0.3) is 5.69 Å². The summed E-state index contributed by atoms with van der Waals surface area (Å²) >= 11 is 6.78. The standard InChI is InChI=1S/C31H33ClN2O7/c1-39-15-5-14-33-23-6-3-8-25(35)29(23)28(30-24(33)7-4-9-26(30)36)20-16-22(32)31(27(17-20)40-2)41-18-19-10-12-21(13-11-19)34(37)38/h10-13,16-17,28H,3-9,14-15,18H2,1-2H3. The number of nitro benzene ring substituents is 1. The van der Waals surface area contributed by atoms with Gasteiger partial charge in [-0.05, 0) is 67.5 Å². The van der Waals surface area contributed by atoms with E-state index in [1.54, 1.807) is 31.4 Å². The fraction of sp³-hybridized carbons (Fsp3) is 0.419. The van der Waals surface area contributed by atoms with Crippen LogP contribution in [0, 0.1) is 10.1 Å². The number of allylic oxidation sites excluding steroid dienone is 4. The summed E-state index contributed by atoms with van der Waals surface area (Å²) in [6.45, 7) is 1.41. The van der Waals surface area contributed by atoms with Crippen LogP contribution < -0.4 is 9.47 Å². The molecule has 216 valence electrons. The lowest BCUT2D eigenvalue weighted by Crippen LogP contribution is -2.39. The molecule has 0 saturated heterocycles. The van der Waals surface area contributed by atoms with Crippen molar-refractivity contribution in [3.8, 4) is 11.5 Å². The predicted octanol–water partition coefficient (Wildman–Crippen LogP) is 6.29. The Kier molecular flexibility index (Phi) is 8.75. The maximum Gasteiger partial charge on any atom is 0.269 e. The molecule has 0 atom stereocenters. The Balaban J connectivity index is 1.53. The van der Waals surface area contributed by atoms with Crippen LogP contribution >= 0.6 is 11.6 Å². The Hall–Kier alpha value is -3.69. The summed E-state index contributed by atoms with van der Waals surface area (Å²) in [5, 5.41) is 11.3. The van der Waals surface area contributed by atoms with Crippen LogP contribution in [0.25, 0.3) is 0 Å². The van der Waals surface area contributed by atoms with Crippen molar-refractivity contribution in [2.24, 2.45) is 0 Å². The molecule has 41 heavy (non-hydrogen) atoms. The van der Waals surface area contributed by atoms with Gasteiger partial charge in [-0.1, -0.05) is 11.6 Å². The Morgan fingerprint density at radius 2 is 1.61 bits per heavy atom. The summed E-state index contributed by atoms with van der Waals surface area (Å²) in [5.41, 5.74) is 4.81. The van der Waals surface area contributed by atoms with Crippen molar-refractivity contribution in [1.82, 2.24) is 4.90 Å². The summed E-state index contributed by atoms with van der Waals surface area (Å²) in [7, 11) is 3.19. The molecule has 0 bridgehead atoms. The Morgan fingerprint density at radius 3 is 2.17 bits per heavy atom. The fourth-order valence-corrected chi connectivity index (χ4v) is 6.38. The largest absolute Gasteiger partial charge is 0.493 e. The van der Waals surface area contributed by atoms with Crippen LogP contribution in [0.2, 0.25) is 5.02 Å². The minimum Gasteiger partial charge on any atom is -0.493 e. The van der Waals surface area contributed by atoms with Gasteiger partial charge in [0.05, 0.1) is 17.1 Å². The second-order valence-electron chi connectivity index (χ2n) is 10.5. The number of nitro groups is 1. The number of non-ortho nitro benzene ring substituents is 1. The number of hydrogen-bond acceptors (Lipinski definition) is 8. The van der Waals surface area contributed by atoms with Gasteiger partial charge in [-0.3, -0.25) is 19.7 Å². The molecule has 3 aliphatic rings. The van der Waals surface area contributed by atoms with Crippen LogP contribution in [0.5, 0.6) is 11.5 Å². The SMILES string of the molecule is COCCCN1C2=C(C(=O)CCC2)C(c2cc(Cl)c(OCc3ccc([N+](=O)[O-])cc3)c(OC)c2)C2=C1CCCC2=O. The number of hydrogen-bond donors (Lipinski definition) is 0. The van der Waals surface area contributed by atoms with Gasteiger partial charge in [0.1, 0.15) is 6.61 Å². The number of carbonyl (C=O) groups excluding carboxylic acids is 2. The second-order valence-corrected chi connectivity index (χ2v) is 10.9. The van der Waals surface area contributed by atoms with Crippen molar-refractivity contribution in [3.63, 3.8) is 0 Å². The third-order valence-corrected chi connectivity index (χ3v) is 8.21. The van der Waals surface area contributed by atoms with E-state index in [0.717, 1.165) is 54.6 Å². The minimum absolute atomic E-state index is 0.00433. The van der Waals surface area contributed by atoms with E-state index in [2.05, 4.69) is 4.90 Å². The van der Waals surface area contributed by atoms with Gasteiger partial charge in [0, 0.05) is 73.7 Å². The van der Waals surface area contributed by atoms with Gasteiger partial charge >= 0.3 is 0 Å². The molecule has 0 radical (unpaired) electrons. The smallest absolute Gasteiger partial charge is 0.269 e. The molecule has 0 aromatic heterocycles. The lowest BCUT2D eigenvalue weighted by molar-refractivity contribution is -0.384. The van der Waals surface area contributed by atoms with Crippen LogP contribution in [0.4, 0.5) is 5.69 Å². The average Bonchev–Trinajstić information content (AvgIpc) is 2.96. The van der Waals surface area contributed by atoms with Crippen molar-refractivity contribution in [2.45, 2.75) is 57.5 Å². The van der Waals surface area contributed by atoms with Crippen LogP contribution in [0.15, 0.2) is 58.9 Å². The zero-order chi connectivity index (χ0) is 29.1. The Morgan fingerprint density at radius 1 is 0.976 bits per heavy atom. The molecule has 9 nitrogen and oxygen atoms in total. The number of nitrogens with zero attached hydrogens (tertiary/aromatic N) is 2. The first-order valence-corrected chi connectivity index (χ1v) is 14.2. The summed E-state index contributed by atoms with van der Waals surface area (Å²) < 4.78 is 17.0. The van der Waals surface area contributed by atoms with E-state index in [-0.39, 0.29) is 23.9 Å². The predicted molar refractivity (Wildman–Crippen MR) is 153 cm³/mol. The number of halogens is 1. The molecule has 0 spiro atoms. The van der Waals surface area contributed by atoms with E-state index < -0.39 is 10.8 Å². The molecule has 10 heteroatoms. The van der Waals surface area contributed by atoms with Crippen LogP contribution in [-0.4, -0.2) is 48.8 Å². The number of ether oxygens (including phenoxy) is 3. The van der Waals surface area contributed by atoms with Crippen molar-refractivity contribution in [2.75, 3.05) is 27.4 Å². The second kappa shape index (κ2) is 12.4. The van der Waals surface area contributed by atoms with Gasteiger partial charge < -0.3 is 19.1 Å². The molecule has 1 aliphatic heterocycles. The van der Waals surface area contributed by atoms with Crippen LogP contribution in [0.3, 0.4) is 0 Å². The molecule has 0 unspecified atom stereocenters. The third-order valence-electron chi connectivity index (χ3n) is 7.93. The number of rotatable bonds is 10. The molecule has 0 saturated carbocycles. The van der Waals surface area contributed by atoms with Gasteiger partial charge in [-0.15, -0.1) is 0 Å². The summed E-state index contributed by atoms with van der Waals surface area (Å²) in [6.07, 6.45) is 4.78. The minimum atomic E-state index is -0.519. The van der Waals surface area contributed by atoms with Gasteiger partial charge in [-0.25, -0.2) is 0 Å². The number of methoxy groups -OCH3 is 2. The normalized spacial score (nSPS) is 17.5. The van der Waals surface area contributed by atoms with Crippen molar-refractivity contribution < 1.29 is 28.7 Å². The topological polar surface area (TPSA) is 108 Å². The van der Waals surface area contributed by atoms with E-state index in [0.29, 0.717) is 53.7 Å². The molecule has 0 amide bonds. The molecule has 5 rings (SSSR count). The molecule has 2 aliphatic carbocycles. The number of carbonyl (C=O) groups is 2. The maximum atomic E-state index is 13.5. The molecular weight excluding hydrogens is 548 g/mol. The van der Waals surface area contributed by atoms with E-state index in [1.807, 2.05) is 0 Å². The van der Waals surface area contributed by atoms with Crippen molar-refractivity contribution in [1.29, 1.82) is 0 Å². The highest BCUT2D eigenvalue weighted by Gasteiger charge is 2.43. The molecule has 0 fully saturated rings. The third kappa shape index (κ3) is 5.74. The first-order chi connectivity index (χ1) is 19.8. The van der Waals surface area contributed by atoms with Gasteiger partial charge in [0.15, 0.2) is 23.1 Å². The van der Waals surface area contributed by atoms with Crippen molar-refractivity contribution in [3.05, 3.63) is 85.2 Å². The highest BCUT2D eigenvalue weighted by molar-refractivity contribution is 6.32. The zero-order valence-corrected chi connectivity index (χ0v) is 24.0. The molecule has 0 N–H and O–H groups in total. The average molecular weight is 581 g/mol. The van der Waals surface area contributed by atoms with Gasteiger partial charge in [0.2, 0.25) is 0 Å². The summed E-state index contributed by atoms with van der Waals surface area (Å²) in [4.78, 5) is 39.8. The van der Waals surface area contributed by atoms with E-state index in [1.165, 1.54) is 19.2 Å². The molecule has 2 aromatic carbocycles. The van der Waals surface area contributed by atoms with Crippen LogP contribution in [0.1, 0.15) is 62.0 Å². The molecule has 2 aromatic rings. The Bertz CT molecular complexity index is 1390. The lowest BCUT2D eigenvalue weighted by atomic mass is 9.71. The van der Waals surface area contributed by atoms with E-state index >= 15 is 0 Å². The molecular formula is C31H33ClN2O7. The monoisotopic (exact) mass is 580 g/mol. The highest BCUT2D eigenvalue weighted by atomic mass is 35.5. The van der Waals surface area contributed by atoms with E-state index in [4.69, 9.17) is 25.8 Å². The first kappa shape index (κ1) is 28.8. The Labute approximate surface area is 243 Å². The summed E-state index contributed by atoms with van der Waals surface area (Å²) in [6, 6.07) is 9.65. The lowest BCUT2D eigenvalue weighted by Gasteiger charge is -2.44. The number of ketones is 2. The zero-order valence-electron chi connectivity index (χ0n) is 23.2. The fourth-order valence-electron chi connectivity index (χ4n) is 6.10. The first-order valence-electron chi connectivity index (χ1n) is 13.9. The van der Waals surface area contributed by atoms with E-state index in [9.17, 15) is 19.7 Å². The highest BCUT2D eigenvalue weighted by Crippen LogP contribution is 2.51. The molecule has 1 heterocycles. The summed E-state index contributed by atoms with van der Waals surface area (Å²) in [5.74, 6) is 0.307. The number of benzene rings is 2.